The number of Topliss-reactive ketones (excluding diaryl/α,β-unsaturated/α-hetero) is 1. The number of carbonyl (C=O) groups is 1. The lowest BCUT2D eigenvalue weighted by molar-refractivity contribution is 0.0993. The Morgan fingerprint density at radius 3 is 2.79 bits per heavy atom. The number of phenols is 1. The molecule has 0 aliphatic heterocycles. The van der Waals surface area contributed by atoms with E-state index in [1.807, 2.05) is 0 Å². The Hall–Kier alpha value is -0.870. The Kier molecular flexibility index (Phi) is 3.66. The van der Waals surface area contributed by atoms with Crippen LogP contribution in [-0.2, 0) is 0 Å². The third kappa shape index (κ3) is 2.33. The summed E-state index contributed by atoms with van der Waals surface area (Å²) in [4.78, 5) is 11.6. The molecule has 0 atom stereocenters. The van der Waals surface area contributed by atoms with Crippen LogP contribution in [-0.4, -0.2) is 24.5 Å². The van der Waals surface area contributed by atoms with Gasteiger partial charge in [0, 0.05) is 5.56 Å². The van der Waals surface area contributed by atoms with Gasteiger partial charge in [0.2, 0.25) is 0 Å². The fourth-order valence-electron chi connectivity index (χ4n) is 1.22. The first-order valence-corrected chi connectivity index (χ1v) is 5.02. The van der Waals surface area contributed by atoms with Gasteiger partial charge in [-0.3, -0.25) is 4.79 Å². The molecule has 0 aliphatic carbocycles. The number of carbonyl (C=O) groups excluding carboxylic acids is 1. The summed E-state index contributed by atoms with van der Waals surface area (Å²) in [5.41, 5.74) is 1.41. The van der Waals surface area contributed by atoms with Crippen molar-refractivity contribution in [2.75, 3.05) is 13.6 Å². The summed E-state index contributed by atoms with van der Waals surface area (Å²) >= 11 is 3.18. The fourth-order valence-corrected chi connectivity index (χ4v) is 1.57. The molecule has 0 radical (unpaired) electrons. The van der Waals surface area contributed by atoms with Crippen molar-refractivity contribution < 1.29 is 9.90 Å². The highest BCUT2D eigenvalue weighted by Crippen LogP contribution is 2.27. The van der Waals surface area contributed by atoms with Crippen molar-refractivity contribution in [1.29, 1.82) is 0 Å². The van der Waals surface area contributed by atoms with E-state index in [0.717, 1.165) is 5.56 Å². The van der Waals surface area contributed by atoms with Crippen LogP contribution in [0.5, 0.6) is 5.75 Å². The monoisotopic (exact) mass is 257 g/mol. The maximum Gasteiger partial charge on any atom is 0.176 e. The first-order valence-electron chi connectivity index (χ1n) is 4.23. The topological polar surface area (TPSA) is 49.3 Å². The zero-order valence-electron chi connectivity index (χ0n) is 8.10. The summed E-state index contributed by atoms with van der Waals surface area (Å²) in [6, 6.07) is 3.22. The van der Waals surface area contributed by atoms with Crippen molar-refractivity contribution in [2.45, 2.75) is 6.92 Å². The van der Waals surface area contributed by atoms with Gasteiger partial charge in [-0.05, 0) is 47.6 Å². The molecule has 1 rings (SSSR count). The molecule has 0 saturated carbocycles. The molecule has 1 aromatic carbocycles. The van der Waals surface area contributed by atoms with E-state index in [0.29, 0.717) is 16.6 Å². The molecular weight excluding hydrogens is 246 g/mol. The van der Waals surface area contributed by atoms with Crippen LogP contribution in [0.1, 0.15) is 15.9 Å². The summed E-state index contributed by atoms with van der Waals surface area (Å²) in [6.45, 7) is 2.10. The van der Waals surface area contributed by atoms with E-state index in [-0.39, 0.29) is 11.5 Å². The van der Waals surface area contributed by atoms with Gasteiger partial charge in [-0.2, -0.15) is 0 Å². The van der Waals surface area contributed by atoms with Crippen LogP contribution in [0.15, 0.2) is 16.6 Å². The molecule has 0 amide bonds. The van der Waals surface area contributed by atoms with Gasteiger partial charge in [-0.1, -0.05) is 0 Å². The Morgan fingerprint density at radius 2 is 2.21 bits per heavy atom. The molecule has 0 heterocycles. The number of benzene rings is 1. The first kappa shape index (κ1) is 11.2. The van der Waals surface area contributed by atoms with Gasteiger partial charge in [0.05, 0.1) is 11.0 Å². The van der Waals surface area contributed by atoms with Gasteiger partial charge < -0.3 is 10.4 Å². The lowest BCUT2D eigenvalue weighted by Gasteiger charge is -2.06. The zero-order valence-corrected chi connectivity index (χ0v) is 9.68. The number of hydrogen-bond acceptors (Lipinski definition) is 3. The molecule has 0 saturated heterocycles. The van der Waals surface area contributed by atoms with Crippen molar-refractivity contribution in [3.05, 3.63) is 27.7 Å². The fraction of sp³-hybridized carbons (Fsp3) is 0.300. The highest BCUT2D eigenvalue weighted by molar-refractivity contribution is 9.10. The number of rotatable bonds is 3. The van der Waals surface area contributed by atoms with Gasteiger partial charge >= 0.3 is 0 Å². The molecule has 0 spiro atoms. The number of halogens is 1. The van der Waals surface area contributed by atoms with Crippen molar-refractivity contribution in [3.63, 3.8) is 0 Å². The summed E-state index contributed by atoms with van der Waals surface area (Å²) in [5.74, 6) is 0.175. The van der Waals surface area contributed by atoms with Gasteiger partial charge in [-0.25, -0.2) is 0 Å². The van der Waals surface area contributed by atoms with Crippen molar-refractivity contribution >= 4 is 21.7 Å². The van der Waals surface area contributed by atoms with Gasteiger partial charge in [0.15, 0.2) is 5.78 Å². The van der Waals surface area contributed by atoms with Gasteiger partial charge in [0.1, 0.15) is 5.75 Å². The number of phenolic OH excluding ortho intramolecular Hbond substituents is 1. The molecule has 2 N–H and O–H groups in total. The Balaban J connectivity index is 3.09. The average molecular weight is 258 g/mol. The third-order valence-corrected chi connectivity index (χ3v) is 2.57. The quantitative estimate of drug-likeness (QED) is 0.813. The summed E-state index contributed by atoms with van der Waals surface area (Å²) in [7, 11) is 1.72. The third-order valence-electron chi connectivity index (χ3n) is 1.93. The summed E-state index contributed by atoms with van der Waals surface area (Å²) < 4.78 is 0.544. The van der Waals surface area contributed by atoms with Crippen LogP contribution in [0.3, 0.4) is 0 Å². The highest BCUT2D eigenvalue weighted by Gasteiger charge is 2.10. The molecule has 14 heavy (non-hydrogen) atoms. The Labute approximate surface area is 91.3 Å². The second-order valence-electron chi connectivity index (χ2n) is 3.07. The maximum atomic E-state index is 11.6. The Bertz CT molecular complexity index is 363. The van der Waals surface area contributed by atoms with E-state index in [1.165, 1.54) is 0 Å². The van der Waals surface area contributed by atoms with E-state index in [2.05, 4.69) is 21.2 Å². The lowest BCUT2D eigenvalue weighted by atomic mass is 10.0. The number of nitrogens with one attached hydrogen (secondary N) is 1. The van der Waals surface area contributed by atoms with Crippen LogP contribution in [0, 0.1) is 6.92 Å². The molecule has 3 nitrogen and oxygen atoms in total. The largest absolute Gasteiger partial charge is 0.507 e. The first-order chi connectivity index (χ1) is 6.56. The van der Waals surface area contributed by atoms with Gasteiger partial charge in [0.25, 0.3) is 0 Å². The van der Waals surface area contributed by atoms with E-state index in [9.17, 15) is 9.90 Å². The number of hydrogen-bond donors (Lipinski definition) is 2. The minimum Gasteiger partial charge on any atom is -0.507 e. The summed E-state index contributed by atoms with van der Waals surface area (Å²) in [5, 5.41) is 12.2. The van der Waals surface area contributed by atoms with Crippen LogP contribution in [0.25, 0.3) is 0 Å². The molecule has 4 heteroatoms. The van der Waals surface area contributed by atoms with E-state index >= 15 is 0 Å². The van der Waals surface area contributed by atoms with E-state index < -0.39 is 0 Å². The van der Waals surface area contributed by atoms with Crippen LogP contribution < -0.4 is 5.32 Å². The minimum atomic E-state index is 0.0192. The minimum absolute atomic E-state index is 0.0192. The SMILES string of the molecule is CNCC(=O)c1cc(Br)c(O)cc1C. The van der Waals surface area contributed by atoms with E-state index in [4.69, 9.17) is 0 Å². The van der Waals surface area contributed by atoms with Crippen LogP contribution in [0.4, 0.5) is 0 Å². The number of ketones is 1. The smallest absolute Gasteiger partial charge is 0.176 e. The second-order valence-corrected chi connectivity index (χ2v) is 3.93. The molecule has 1 aromatic rings. The van der Waals surface area contributed by atoms with Crippen molar-refractivity contribution in [1.82, 2.24) is 5.32 Å². The molecule has 76 valence electrons. The number of aromatic hydroxyl groups is 1. The molecule has 0 fully saturated rings. The normalized spacial score (nSPS) is 10.2. The van der Waals surface area contributed by atoms with Gasteiger partial charge in [-0.15, -0.1) is 0 Å². The summed E-state index contributed by atoms with van der Waals surface area (Å²) in [6.07, 6.45) is 0. The predicted molar refractivity (Wildman–Crippen MR) is 58.8 cm³/mol. The maximum absolute atomic E-state index is 11.6. The second kappa shape index (κ2) is 4.57. The van der Waals surface area contributed by atoms with Crippen LogP contribution in [0.2, 0.25) is 0 Å². The number of likely N-dealkylation sites (N-methyl/N-ethyl adjacent to an activating group) is 1. The van der Waals surface area contributed by atoms with Crippen LogP contribution >= 0.6 is 15.9 Å². The molecule has 0 bridgehead atoms. The highest BCUT2D eigenvalue weighted by atomic mass is 79.9. The van der Waals surface area contributed by atoms with Crippen molar-refractivity contribution in [2.24, 2.45) is 0 Å². The zero-order chi connectivity index (χ0) is 10.7. The van der Waals surface area contributed by atoms with E-state index in [1.54, 1.807) is 26.1 Å². The molecule has 0 aliphatic rings. The molecule has 0 unspecified atom stereocenters. The lowest BCUT2D eigenvalue weighted by Crippen LogP contribution is -2.19. The predicted octanol–water partition coefficient (Wildman–Crippen LogP) is 1.87. The number of aryl methyl sites for hydroxylation is 1. The standard InChI is InChI=1S/C10H12BrNO2/c1-6-3-9(13)8(11)4-7(6)10(14)5-12-2/h3-4,12-13H,5H2,1-2H3. The molecule has 0 aromatic heterocycles. The molecular formula is C10H12BrNO2. The van der Waals surface area contributed by atoms with Crippen molar-refractivity contribution in [3.8, 4) is 5.75 Å². The Morgan fingerprint density at radius 1 is 1.57 bits per heavy atom. The average Bonchev–Trinajstić information content (AvgIpc) is 2.11.